The van der Waals surface area contributed by atoms with E-state index in [4.69, 9.17) is 4.52 Å². The minimum atomic E-state index is -0.813. The molecule has 5 aromatic rings. The fourth-order valence-corrected chi connectivity index (χ4v) is 5.78. The molecule has 0 radical (unpaired) electrons. The zero-order valence-electron chi connectivity index (χ0n) is 21.9. The number of rotatable bonds is 11. The summed E-state index contributed by atoms with van der Waals surface area (Å²) in [6, 6.07) is 36.4. The quantitative estimate of drug-likeness (QED) is 0.173. The van der Waals surface area contributed by atoms with Crippen LogP contribution in [0.2, 0.25) is 0 Å². The molecule has 39 heavy (non-hydrogen) atoms. The molecule has 0 amide bonds. The Hall–Kier alpha value is -4.09. The molecular formula is C34H31NO3S. The number of nitrogens with zero attached hydrogens (tertiary/aromatic N) is 1. The Labute approximate surface area is 233 Å². The summed E-state index contributed by atoms with van der Waals surface area (Å²) < 4.78 is 5.74. The van der Waals surface area contributed by atoms with Crippen LogP contribution in [-0.4, -0.2) is 22.0 Å². The number of hydrogen-bond acceptors (Lipinski definition) is 4. The second-order valence-electron chi connectivity index (χ2n) is 9.64. The first-order valence-corrected chi connectivity index (χ1v) is 14.3. The first-order chi connectivity index (χ1) is 19.1. The number of thioether (sulfide) groups is 1. The van der Waals surface area contributed by atoms with E-state index >= 15 is 0 Å². The van der Waals surface area contributed by atoms with Gasteiger partial charge in [-0.05, 0) is 53.3 Å². The predicted molar refractivity (Wildman–Crippen MR) is 159 cm³/mol. The van der Waals surface area contributed by atoms with E-state index < -0.39 is 11.9 Å². The summed E-state index contributed by atoms with van der Waals surface area (Å²) in [7, 11) is 0. The van der Waals surface area contributed by atoms with Crippen molar-refractivity contribution in [3.8, 4) is 22.5 Å². The van der Waals surface area contributed by atoms with Crippen LogP contribution < -0.4 is 0 Å². The molecule has 0 saturated carbocycles. The van der Waals surface area contributed by atoms with E-state index in [1.165, 1.54) is 5.56 Å². The Bertz CT molecular complexity index is 1490. The molecule has 5 heteroatoms. The van der Waals surface area contributed by atoms with Crippen molar-refractivity contribution in [1.82, 2.24) is 5.16 Å². The van der Waals surface area contributed by atoms with Crippen LogP contribution in [0.15, 0.2) is 114 Å². The van der Waals surface area contributed by atoms with E-state index in [2.05, 4.69) is 53.7 Å². The molecule has 4 aromatic carbocycles. The van der Waals surface area contributed by atoms with Gasteiger partial charge in [-0.15, -0.1) is 0 Å². The fraction of sp³-hybridized carbons (Fsp3) is 0.176. The van der Waals surface area contributed by atoms with Gasteiger partial charge in [0.05, 0.1) is 11.6 Å². The second kappa shape index (κ2) is 12.6. The van der Waals surface area contributed by atoms with Crippen LogP contribution in [0.25, 0.3) is 22.5 Å². The van der Waals surface area contributed by atoms with Gasteiger partial charge in [0.1, 0.15) is 0 Å². The Morgan fingerprint density at radius 2 is 1.36 bits per heavy atom. The number of aliphatic carboxylic acids is 1. The van der Waals surface area contributed by atoms with E-state index in [1.54, 1.807) is 0 Å². The van der Waals surface area contributed by atoms with Crippen molar-refractivity contribution in [3.05, 3.63) is 137 Å². The standard InChI is InChI=1S/C34H31NO3S/c1-24-32(23-39-21-20-25-8-4-2-5-9-25)33(38-35-24)30-18-14-28(15-19-30)27-12-16-29(17-13-27)31(34(36)37)22-26-10-6-3-7-11-26/h2-19,31H,20-23H2,1H3,(H,36,37). The second-order valence-corrected chi connectivity index (χ2v) is 10.7. The third kappa shape index (κ3) is 6.68. The summed E-state index contributed by atoms with van der Waals surface area (Å²) in [5.41, 5.74) is 8.35. The average molecular weight is 534 g/mol. The zero-order chi connectivity index (χ0) is 27.0. The van der Waals surface area contributed by atoms with Crippen molar-refractivity contribution in [2.24, 2.45) is 0 Å². The number of carboxylic acid groups (broad SMARTS) is 1. The lowest BCUT2D eigenvalue weighted by Gasteiger charge is -2.14. The Morgan fingerprint density at radius 1 is 0.795 bits per heavy atom. The van der Waals surface area contributed by atoms with Gasteiger partial charge in [0, 0.05) is 16.9 Å². The highest BCUT2D eigenvalue weighted by atomic mass is 32.2. The molecule has 1 heterocycles. The van der Waals surface area contributed by atoms with Gasteiger partial charge in [-0.25, -0.2) is 0 Å². The Morgan fingerprint density at radius 3 is 1.97 bits per heavy atom. The molecule has 1 N–H and O–H groups in total. The number of aryl methyl sites for hydroxylation is 2. The normalized spacial score (nSPS) is 11.8. The monoisotopic (exact) mass is 533 g/mol. The molecular weight excluding hydrogens is 502 g/mol. The highest BCUT2D eigenvalue weighted by Gasteiger charge is 2.20. The molecule has 0 bridgehead atoms. The van der Waals surface area contributed by atoms with Crippen molar-refractivity contribution in [1.29, 1.82) is 0 Å². The van der Waals surface area contributed by atoms with Crippen LogP contribution in [0.5, 0.6) is 0 Å². The van der Waals surface area contributed by atoms with Crippen molar-refractivity contribution >= 4 is 17.7 Å². The molecule has 4 nitrogen and oxygen atoms in total. The van der Waals surface area contributed by atoms with Gasteiger partial charge >= 0.3 is 5.97 Å². The third-order valence-corrected chi connectivity index (χ3v) is 7.97. The minimum Gasteiger partial charge on any atom is -0.481 e. The lowest BCUT2D eigenvalue weighted by atomic mass is 9.90. The highest BCUT2D eigenvalue weighted by molar-refractivity contribution is 7.98. The molecule has 1 atom stereocenters. The Kier molecular flexibility index (Phi) is 8.59. The number of benzene rings is 4. The van der Waals surface area contributed by atoms with Crippen LogP contribution in [0.1, 0.15) is 33.9 Å². The van der Waals surface area contributed by atoms with Crippen molar-refractivity contribution in [2.45, 2.75) is 31.4 Å². The predicted octanol–water partition coefficient (Wildman–Crippen LogP) is 8.20. The van der Waals surface area contributed by atoms with Gasteiger partial charge in [-0.1, -0.05) is 114 Å². The SMILES string of the molecule is Cc1noc(-c2ccc(-c3ccc(C(Cc4ccccc4)C(=O)O)cc3)cc2)c1CSCCc1ccccc1. The van der Waals surface area contributed by atoms with E-state index in [0.29, 0.717) is 6.42 Å². The fourth-order valence-electron chi connectivity index (χ4n) is 4.71. The number of hydrogen-bond donors (Lipinski definition) is 1. The first-order valence-electron chi connectivity index (χ1n) is 13.1. The van der Waals surface area contributed by atoms with Crippen molar-refractivity contribution in [2.75, 3.05) is 5.75 Å². The zero-order valence-corrected chi connectivity index (χ0v) is 22.7. The van der Waals surface area contributed by atoms with E-state index in [9.17, 15) is 9.90 Å². The smallest absolute Gasteiger partial charge is 0.311 e. The Balaban J connectivity index is 1.25. The van der Waals surface area contributed by atoms with E-state index in [1.807, 2.05) is 79.3 Å². The maximum absolute atomic E-state index is 12.0. The van der Waals surface area contributed by atoms with Crippen LogP contribution in [0.3, 0.4) is 0 Å². The lowest BCUT2D eigenvalue weighted by Crippen LogP contribution is -2.14. The van der Waals surface area contributed by atoms with E-state index in [0.717, 1.165) is 62.8 Å². The molecule has 1 aromatic heterocycles. The summed E-state index contributed by atoms with van der Waals surface area (Å²) in [6.45, 7) is 2.00. The van der Waals surface area contributed by atoms with Gasteiger partial charge < -0.3 is 9.63 Å². The topological polar surface area (TPSA) is 63.3 Å². The minimum absolute atomic E-state index is 0.466. The molecule has 0 aliphatic rings. The summed E-state index contributed by atoms with van der Waals surface area (Å²) in [5.74, 6) is 1.33. The molecule has 0 aliphatic carbocycles. The van der Waals surface area contributed by atoms with Crippen LogP contribution in [0.4, 0.5) is 0 Å². The molecule has 1 unspecified atom stereocenters. The molecule has 0 spiro atoms. The van der Waals surface area contributed by atoms with Crippen LogP contribution in [0, 0.1) is 6.92 Å². The molecule has 5 rings (SSSR count). The highest BCUT2D eigenvalue weighted by Crippen LogP contribution is 2.32. The number of carboxylic acids is 1. The maximum atomic E-state index is 12.0. The molecule has 0 saturated heterocycles. The summed E-state index contributed by atoms with van der Waals surface area (Å²) in [5, 5.41) is 14.1. The van der Waals surface area contributed by atoms with Crippen molar-refractivity contribution in [3.63, 3.8) is 0 Å². The van der Waals surface area contributed by atoms with Gasteiger partial charge in [0.15, 0.2) is 5.76 Å². The van der Waals surface area contributed by atoms with Crippen LogP contribution >= 0.6 is 11.8 Å². The van der Waals surface area contributed by atoms with Gasteiger partial charge in [-0.3, -0.25) is 4.79 Å². The van der Waals surface area contributed by atoms with Gasteiger partial charge in [0.25, 0.3) is 0 Å². The molecule has 0 aliphatic heterocycles. The summed E-state index contributed by atoms with van der Waals surface area (Å²) in [4.78, 5) is 12.0. The van der Waals surface area contributed by atoms with Crippen LogP contribution in [-0.2, 0) is 23.4 Å². The molecule has 0 fully saturated rings. The number of aromatic nitrogens is 1. The van der Waals surface area contributed by atoms with Crippen molar-refractivity contribution < 1.29 is 14.4 Å². The lowest BCUT2D eigenvalue weighted by molar-refractivity contribution is -0.138. The van der Waals surface area contributed by atoms with E-state index in [-0.39, 0.29) is 0 Å². The average Bonchev–Trinajstić information content (AvgIpc) is 3.35. The van der Waals surface area contributed by atoms with Gasteiger partial charge in [-0.2, -0.15) is 11.8 Å². The molecule has 196 valence electrons. The largest absolute Gasteiger partial charge is 0.481 e. The summed E-state index contributed by atoms with van der Waals surface area (Å²) in [6.07, 6.45) is 1.51. The first kappa shape index (κ1) is 26.5. The summed E-state index contributed by atoms with van der Waals surface area (Å²) >= 11 is 1.89. The number of carbonyl (C=O) groups is 1. The maximum Gasteiger partial charge on any atom is 0.311 e. The van der Waals surface area contributed by atoms with Gasteiger partial charge in [0.2, 0.25) is 0 Å². The third-order valence-electron chi connectivity index (χ3n) is 6.98.